The van der Waals surface area contributed by atoms with Crippen molar-refractivity contribution in [3.05, 3.63) is 168 Å². The SMILES string of the molecule is CC1CC(C2N=C(C3C=CC(c4ccc(C5NC=CCN5)cc4)=CC3C)N=C(c3cccc4ccccc34)N2)=CC=C1c1ccccc1. The molecule has 2 aliphatic heterocycles. The fourth-order valence-corrected chi connectivity index (χ4v) is 7.37. The number of aliphatic imine (C=N–C) groups is 2. The molecule has 0 bridgehead atoms. The van der Waals surface area contributed by atoms with Crippen molar-refractivity contribution in [2.24, 2.45) is 27.7 Å². The van der Waals surface area contributed by atoms with Crippen molar-refractivity contribution in [2.75, 3.05) is 6.54 Å². The minimum absolute atomic E-state index is 0.0714. The lowest BCUT2D eigenvalue weighted by atomic mass is 9.82. The second-order valence-corrected chi connectivity index (χ2v) is 13.3. The van der Waals surface area contributed by atoms with Crippen LogP contribution in [-0.2, 0) is 0 Å². The molecule has 4 aromatic rings. The quantitative estimate of drug-likeness (QED) is 0.201. The number of fused-ring (bicyclic) bond motifs is 1. The molecule has 0 aromatic heterocycles. The Bertz CT molecular complexity index is 2040. The van der Waals surface area contributed by atoms with Crippen LogP contribution in [0.4, 0.5) is 0 Å². The van der Waals surface area contributed by atoms with Gasteiger partial charge in [-0.25, -0.2) is 9.98 Å². The van der Waals surface area contributed by atoms with Crippen LogP contribution in [0.5, 0.6) is 0 Å². The second-order valence-electron chi connectivity index (χ2n) is 13.3. The Morgan fingerprint density at radius 2 is 1.60 bits per heavy atom. The Morgan fingerprint density at radius 3 is 2.40 bits per heavy atom. The molecule has 0 saturated heterocycles. The van der Waals surface area contributed by atoms with Gasteiger partial charge >= 0.3 is 0 Å². The van der Waals surface area contributed by atoms with Crippen LogP contribution in [0.25, 0.3) is 21.9 Å². The highest BCUT2D eigenvalue weighted by Crippen LogP contribution is 2.36. The monoisotopic (exact) mass is 627 g/mol. The van der Waals surface area contributed by atoms with Gasteiger partial charge in [0.2, 0.25) is 0 Å². The van der Waals surface area contributed by atoms with Gasteiger partial charge in [-0.05, 0) is 68.6 Å². The first-order valence-electron chi connectivity index (χ1n) is 17.1. The molecule has 0 radical (unpaired) electrons. The topological polar surface area (TPSA) is 60.8 Å². The molecule has 238 valence electrons. The molecule has 4 aromatic carbocycles. The van der Waals surface area contributed by atoms with Crippen LogP contribution in [0.2, 0.25) is 0 Å². The van der Waals surface area contributed by atoms with Gasteiger partial charge in [0.05, 0.1) is 0 Å². The fourth-order valence-electron chi connectivity index (χ4n) is 7.37. The van der Waals surface area contributed by atoms with E-state index < -0.39 is 0 Å². The number of hydrogen-bond acceptors (Lipinski definition) is 5. The third-order valence-corrected chi connectivity index (χ3v) is 10.0. The van der Waals surface area contributed by atoms with Crippen LogP contribution < -0.4 is 16.0 Å². The van der Waals surface area contributed by atoms with Crippen LogP contribution in [-0.4, -0.2) is 24.4 Å². The standard InChI is InChI=1S/C43H41N5/c1-28-27-35(21-22-36(28)31-10-4-3-5-11-31)41-46-42(48-43(47-41)39-15-8-13-32-12-6-7-14-38(32)39)37-23-20-34(26-29(37)2)30-16-18-33(19-17-30)40-44-24-9-25-45-40/h3-24,26,28-29,37,40-41,44-45H,25,27H2,1-2H3,(H,46,47,48). The molecule has 0 saturated carbocycles. The summed E-state index contributed by atoms with van der Waals surface area (Å²) in [5.74, 6) is 2.46. The van der Waals surface area contributed by atoms with E-state index in [1.165, 1.54) is 44.2 Å². The predicted octanol–water partition coefficient (Wildman–Crippen LogP) is 8.57. The molecule has 0 amide bonds. The lowest BCUT2D eigenvalue weighted by Gasteiger charge is -2.32. The first kappa shape index (κ1) is 30.1. The van der Waals surface area contributed by atoms with Crippen molar-refractivity contribution < 1.29 is 0 Å². The molecule has 5 heteroatoms. The Hall–Kier alpha value is -5.26. The number of benzene rings is 4. The van der Waals surface area contributed by atoms with E-state index in [2.05, 4.69) is 163 Å². The summed E-state index contributed by atoms with van der Waals surface area (Å²) >= 11 is 0. The van der Waals surface area contributed by atoms with E-state index in [4.69, 9.17) is 9.98 Å². The third kappa shape index (κ3) is 5.98. The molecular formula is C43H41N5. The van der Waals surface area contributed by atoms with Crippen molar-refractivity contribution in [3.63, 3.8) is 0 Å². The van der Waals surface area contributed by atoms with E-state index in [0.29, 0.717) is 5.92 Å². The number of amidine groups is 2. The van der Waals surface area contributed by atoms with E-state index in [1.54, 1.807) is 0 Å². The van der Waals surface area contributed by atoms with E-state index in [9.17, 15) is 0 Å². The van der Waals surface area contributed by atoms with Crippen molar-refractivity contribution in [1.29, 1.82) is 0 Å². The smallest absolute Gasteiger partial charge is 0.144 e. The first-order valence-corrected chi connectivity index (χ1v) is 17.1. The number of hydrogen-bond donors (Lipinski definition) is 3. The van der Waals surface area contributed by atoms with E-state index >= 15 is 0 Å². The minimum Gasteiger partial charge on any atom is -0.372 e. The molecule has 8 rings (SSSR count). The van der Waals surface area contributed by atoms with Crippen LogP contribution in [0, 0.1) is 17.8 Å². The largest absolute Gasteiger partial charge is 0.372 e. The van der Waals surface area contributed by atoms with E-state index in [-0.39, 0.29) is 24.2 Å². The van der Waals surface area contributed by atoms with Gasteiger partial charge in [-0.1, -0.05) is 147 Å². The summed E-state index contributed by atoms with van der Waals surface area (Å²) in [6.45, 7) is 5.48. The minimum atomic E-state index is -0.183. The Balaban J connectivity index is 1.12. The summed E-state index contributed by atoms with van der Waals surface area (Å²) in [5.41, 5.74) is 8.75. The van der Waals surface area contributed by atoms with Gasteiger partial charge in [0, 0.05) is 18.0 Å². The molecule has 0 fully saturated rings. The highest BCUT2D eigenvalue weighted by Gasteiger charge is 2.31. The number of nitrogens with one attached hydrogen (secondary N) is 3. The van der Waals surface area contributed by atoms with Crippen LogP contribution in [0.15, 0.2) is 155 Å². The van der Waals surface area contributed by atoms with Gasteiger partial charge in [0.15, 0.2) is 0 Å². The zero-order valence-corrected chi connectivity index (χ0v) is 27.5. The zero-order chi connectivity index (χ0) is 32.5. The third-order valence-electron chi connectivity index (χ3n) is 10.0. The molecule has 2 aliphatic carbocycles. The molecule has 0 spiro atoms. The highest BCUT2D eigenvalue weighted by molar-refractivity contribution is 6.15. The van der Waals surface area contributed by atoms with Gasteiger partial charge in [-0.15, -0.1) is 0 Å². The van der Waals surface area contributed by atoms with E-state index in [1.807, 2.05) is 6.20 Å². The van der Waals surface area contributed by atoms with Gasteiger partial charge < -0.3 is 10.6 Å². The maximum atomic E-state index is 5.35. The van der Waals surface area contributed by atoms with Crippen molar-refractivity contribution in [1.82, 2.24) is 16.0 Å². The van der Waals surface area contributed by atoms with Gasteiger partial charge in [-0.3, -0.25) is 5.32 Å². The molecule has 3 N–H and O–H groups in total. The summed E-state index contributed by atoms with van der Waals surface area (Å²) < 4.78 is 0. The van der Waals surface area contributed by atoms with Crippen molar-refractivity contribution in [2.45, 2.75) is 32.6 Å². The Morgan fingerprint density at radius 1 is 0.792 bits per heavy atom. The molecular weight excluding hydrogens is 587 g/mol. The summed E-state index contributed by atoms with van der Waals surface area (Å²) in [5, 5.41) is 13.0. The van der Waals surface area contributed by atoms with Crippen molar-refractivity contribution in [3.8, 4) is 0 Å². The lowest BCUT2D eigenvalue weighted by Crippen LogP contribution is -2.42. The lowest BCUT2D eigenvalue weighted by molar-refractivity contribution is 0.498. The van der Waals surface area contributed by atoms with Gasteiger partial charge in [-0.2, -0.15) is 0 Å². The Labute approximate surface area is 283 Å². The molecule has 2 heterocycles. The molecule has 5 atom stereocenters. The molecule has 5 nitrogen and oxygen atoms in total. The van der Waals surface area contributed by atoms with Crippen LogP contribution in [0.3, 0.4) is 0 Å². The summed E-state index contributed by atoms with van der Waals surface area (Å²) in [6, 6.07) is 34.6. The van der Waals surface area contributed by atoms with Crippen LogP contribution in [0.1, 0.15) is 48.7 Å². The Kier molecular flexibility index (Phi) is 8.21. The molecule has 48 heavy (non-hydrogen) atoms. The average Bonchev–Trinajstić information content (AvgIpc) is 3.15. The fraction of sp³-hybridized carbons (Fsp3) is 0.209. The maximum absolute atomic E-state index is 5.35. The normalized spacial score (nSPS) is 25.2. The van der Waals surface area contributed by atoms with Crippen molar-refractivity contribution >= 4 is 33.6 Å². The van der Waals surface area contributed by atoms with Gasteiger partial charge in [0.25, 0.3) is 0 Å². The number of rotatable bonds is 6. The summed E-state index contributed by atoms with van der Waals surface area (Å²) in [7, 11) is 0. The van der Waals surface area contributed by atoms with Gasteiger partial charge in [0.1, 0.15) is 24.0 Å². The second kappa shape index (κ2) is 13.1. The summed E-state index contributed by atoms with van der Waals surface area (Å²) in [4.78, 5) is 10.6. The first-order chi connectivity index (χ1) is 23.6. The molecule has 5 unspecified atom stereocenters. The maximum Gasteiger partial charge on any atom is 0.144 e. The number of nitrogens with zero attached hydrogens (tertiary/aromatic N) is 2. The number of allylic oxidation sites excluding steroid dienone is 6. The molecule has 4 aliphatic rings. The van der Waals surface area contributed by atoms with E-state index in [0.717, 1.165) is 30.2 Å². The predicted molar refractivity (Wildman–Crippen MR) is 200 cm³/mol. The zero-order valence-electron chi connectivity index (χ0n) is 27.5. The average molecular weight is 628 g/mol. The highest BCUT2D eigenvalue weighted by atomic mass is 15.2. The van der Waals surface area contributed by atoms with Crippen LogP contribution >= 0.6 is 0 Å². The summed E-state index contributed by atoms with van der Waals surface area (Å²) in [6.07, 6.45) is 16.5.